The van der Waals surface area contributed by atoms with E-state index in [9.17, 15) is 18.8 Å². The fourth-order valence-corrected chi connectivity index (χ4v) is 3.14. The number of carbonyl (C=O) groups excluding carboxylic acids is 1. The number of carbonyl (C=O) groups is 1. The van der Waals surface area contributed by atoms with E-state index in [1.165, 1.54) is 15.5 Å². The summed E-state index contributed by atoms with van der Waals surface area (Å²) >= 11 is 0. The highest BCUT2D eigenvalue weighted by Gasteiger charge is 2.24. The number of anilines is 2. The summed E-state index contributed by atoms with van der Waals surface area (Å²) in [7, 11) is 0. The number of nitrogens with two attached hydrogens (primary N) is 1. The number of nitrogens with one attached hydrogen (secondary N) is 1. The minimum Gasteiger partial charge on any atom is -0.383 e. The molecule has 2 rings (SSSR count). The molecule has 0 bridgehead atoms. The van der Waals surface area contributed by atoms with E-state index in [2.05, 4.69) is 4.98 Å². The number of nitrogen functional groups attached to an aromatic ring is 1. The average molecular weight is 404 g/mol. The highest BCUT2D eigenvalue weighted by Crippen LogP contribution is 2.20. The van der Waals surface area contributed by atoms with Gasteiger partial charge in [0.15, 0.2) is 5.69 Å². The molecule has 0 aliphatic heterocycles. The van der Waals surface area contributed by atoms with Gasteiger partial charge in [0.2, 0.25) is 5.91 Å². The number of nitrogens with zero attached hydrogens (tertiary/aromatic N) is 2. The standard InChI is InChI=1S/C21H29FN4O3/c1-4-5-12-25(17(27)11-10-15-8-6-7-9-16(15)22)18-19(23)26(13-14(2)3)21(29)24-20(18)28/h6-9,14H,4-5,10-13,23H2,1-3H3,(H,24,28,29). The van der Waals surface area contributed by atoms with E-state index in [-0.39, 0.29) is 42.0 Å². The Kier molecular flexibility index (Phi) is 7.75. The first-order valence-corrected chi connectivity index (χ1v) is 9.92. The van der Waals surface area contributed by atoms with E-state index < -0.39 is 11.2 Å². The number of hydrogen-bond donors (Lipinski definition) is 2. The first kappa shape index (κ1) is 22.4. The van der Waals surface area contributed by atoms with Gasteiger partial charge in [0.1, 0.15) is 11.6 Å². The van der Waals surface area contributed by atoms with E-state index in [4.69, 9.17) is 5.73 Å². The van der Waals surface area contributed by atoms with Crippen molar-refractivity contribution < 1.29 is 9.18 Å². The molecule has 1 heterocycles. The fraction of sp³-hybridized carbons (Fsp3) is 0.476. The van der Waals surface area contributed by atoms with Crippen LogP contribution in [0.15, 0.2) is 33.9 Å². The zero-order valence-corrected chi connectivity index (χ0v) is 17.2. The molecule has 0 spiro atoms. The fourth-order valence-electron chi connectivity index (χ4n) is 3.14. The second-order valence-corrected chi connectivity index (χ2v) is 7.49. The van der Waals surface area contributed by atoms with Gasteiger partial charge in [-0.25, -0.2) is 9.18 Å². The monoisotopic (exact) mass is 404 g/mol. The molecule has 2 aromatic rings. The Balaban J connectivity index is 2.38. The van der Waals surface area contributed by atoms with Crippen molar-refractivity contribution in [3.8, 4) is 0 Å². The highest BCUT2D eigenvalue weighted by molar-refractivity contribution is 5.95. The Morgan fingerprint density at radius 3 is 2.59 bits per heavy atom. The third kappa shape index (κ3) is 5.56. The number of H-pyrrole nitrogens is 1. The predicted molar refractivity (Wildman–Crippen MR) is 113 cm³/mol. The van der Waals surface area contributed by atoms with Crippen molar-refractivity contribution in [3.05, 3.63) is 56.5 Å². The molecule has 8 heteroatoms. The second-order valence-electron chi connectivity index (χ2n) is 7.49. The van der Waals surface area contributed by atoms with Gasteiger partial charge < -0.3 is 10.6 Å². The van der Waals surface area contributed by atoms with Crippen LogP contribution in [0.1, 0.15) is 45.6 Å². The van der Waals surface area contributed by atoms with Crippen molar-refractivity contribution in [1.82, 2.24) is 9.55 Å². The van der Waals surface area contributed by atoms with Crippen LogP contribution in [-0.4, -0.2) is 22.0 Å². The molecular formula is C21H29FN4O3. The second kappa shape index (κ2) is 10.0. The average Bonchev–Trinajstić information content (AvgIpc) is 2.66. The summed E-state index contributed by atoms with van der Waals surface area (Å²) in [4.78, 5) is 41.3. The van der Waals surface area contributed by atoms with Crippen LogP contribution >= 0.6 is 0 Å². The molecule has 0 saturated carbocycles. The summed E-state index contributed by atoms with van der Waals surface area (Å²) in [5, 5.41) is 0. The van der Waals surface area contributed by atoms with Crippen LogP contribution in [0.25, 0.3) is 0 Å². The molecule has 0 aliphatic rings. The van der Waals surface area contributed by atoms with Crippen molar-refractivity contribution in [2.45, 2.75) is 53.0 Å². The van der Waals surface area contributed by atoms with Crippen molar-refractivity contribution in [1.29, 1.82) is 0 Å². The number of aromatic nitrogens is 2. The van der Waals surface area contributed by atoms with E-state index >= 15 is 0 Å². The largest absolute Gasteiger partial charge is 0.383 e. The Hall–Kier alpha value is -2.90. The van der Waals surface area contributed by atoms with Gasteiger partial charge in [-0.2, -0.15) is 0 Å². The topological polar surface area (TPSA) is 101 Å². The van der Waals surface area contributed by atoms with Gasteiger partial charge in [-0.1, -0.05) is 45.4 Å². The molecule has 3 N–H and O–H groups in total. The van der Waals surface area contributed by atoms with Gasteiger partial charge in [0, 0.05) is 19.5 Å². The lowest BCUT2D eigenvalue weighted by Gasteiger charge is -2.25. The summed E-state index contributed by atoms with van der Waals surface area (Å²) in [6.07, 6.45) is 1.69. The molecule has 0 saturated heterocycles. The van der Waals surface area contributed by atoms with Crippen LogP contribution in [0.2, 0.25) is 0 Å². The minimum absolute atomic E-state index is 0.0165. The first-order valence-electron chi connectivity index (χ1n) is 9.92. The normalized spacial score (nSPS) is 11.1. The summed E-state index contributed by atoms with van der Waals surface area (Å²) in [5.41, 5.74) is 5.29. The molecule has 1 amide bonds. The Morgan fingerprint density at radius 2 is 1.97 bits per heavy atom. The van der Waals surface area contributed by atoms with Gasteiger partial charge >= 0.3 is 5.69 Å². The Morgan fingerprint density at radius 1 is 1.28 bits per heavy atom. The van der Waals surface area contributed by atoms with Gasteiger partial charge in [-0.05, 0) is 30.4 Å². The summed E-state index contributed by atoms with van der Waals surface area (Å²) < 4.78 is 15.2. The third-order valence-electron chi connectivity index (χ3n) is 4.63. The van der Waals surface area contributed by atoms with Crippen LogP contribution in [0.3, 0.4) is 0 Å². The summed E-state index contributed by atoms with van der Waals surface area (Å²) in [6, 6.07) is 6.27. The Labute approximate surface area is 169 Å². The van der Waals surface area contributed by atoms with Crippen molar-refractivity contribution in [2.75, 3.05) is 17.2 Å². The van der Waals surface area contributed by atoms with Crippen LogP contribution in [0.4, 0.5) is 15.9 Å². The van der Waals surface area contributed by atoms with Gasteiger partial charge in [-0.3, -0.25) is 19.1 Å². The molecule has 0 fully saturated rings. The maximum Gasteiger partial charge on any atom is 0.330 e. The molecule has 1 aromatic heterocycles. The number of hydrogen-bond acceptors (Lipinski definition) is 4. The smallest absolute Gasteiger partial charge is 0.330 e. The van der Waals surface area contributed by atoms with Gasteiger partial charge in [-0.15, -0.1) is 0 Å². The summed E-state index contributed by atoms with van der Waals surface area (Å²) in [6.45, 7) is 6.42. The van der Waals surface area contributed by atoms with E-state index in [1.54, 1.807) is 18.2 Å². The lowest BCUT2D eigenvalue weighted by molar-refractivity contribution is -0.118. The molecule has 0 atom stereocenters. The van der Waals surface area contributed by atoms with Crippen LogP contribution < -0.4 is 21.9 Å². The van der Waals surface area contributed by atoms with Gasteiger partial charge in [0.05, 0.1) is 0 Å². The molecule has 0 aliphatic carbocycles. The first-order chi connectivity index (χ1) is 13.8. The summed E-state index contributed by atoms with van der Waals surface area (Å²) in [5.74, 6) is -0.616. The molecule has 7 nitrogen and oxygen atoms in total. The number of benzene rings is 1. The third-order valence-corrected chi connectivity index (χ3v) is 4.63. The number of rotatable bonds is 9. The van der Waals surface area contributed by atoms with Crippen molar-refractivity contribution in [2.24, 2.45) is 5.92 Å². The number of aryl methyl sites for hydroxylation is 1. The molecule has 158 valence electrons. The maximum atomic E-state index is 13.9. The van der Waals surface area contributed by atoms with Crippen LogP contribution in [0.5, 0.6) is 0 Å². The van der Waals surface area contributed by atoms with Gasteiger partial charge in [0.25, 0.3) is 5.56 Å². The SMILES string of the molecule is CCCCN(C(=O)CCc1ccccc1F)c1c(N)n(CC(C)C)c(=O)[nH]c1=O. The Bertz CT molecular complexity index is 965. The lowest BCUT2D eigenvalue weighted by atomic mass is 10.1. The van der Waals surface area contributed by atoms with Crippen molar-refractivity contribution >= 4 is 17.4 Å². The van der Waals surface area contributed by atoms with E-state index in [0.29, 0.717) is 25.1 Å². The highest BCUT2D eigenvalue weighted by atomic mass is 19.1. The molecule has 1 aromatic carbocycles. The minimum atomic E-state index is -0.692. The molecule has 0 radical (unpaired) electrons. The van der Waals surface area contributed by atoms with E-state index in [1.807, 2.05) is 20.8 Å². The lowest BCUT2D eigenvalue weighted by Crippen LogP contribution is -2.42. The maximum absolute atomic E-state index is 13.9. The molecule has 0 unspecified atom stereocenters. The number of aromatic amines is 1. The van der Waals surface area contributed by atoms with E-state index in [0.717, 1.165) is 6.42 Å². The van der Waals surface area contributed by atoms with Crippen molar-refractivity contribution in [3.63, 3.8) is 0 Å². The van der Waals surface area contributed by atoms with Crippen LogP contribution in [-0.2, 0) is 17.8 Å². The quantitative estimate of drug-likeness (QED) is 0.671. The van der Waals surface area contributed by atoms with Crippen LogP contribution in [0, 0.1) is 11.7 Å². The zero-order valence-electron chi connectivity index (χ0n) is 17.2. The number of unbranched alkanes of at least 4 members (excludes halogenated alkanes) is 1. The predicted octanol–water partition coefficient (Wildman–Crippen LogP) is 2.68. The zero-order chi connectivity index (χ0) is 21.6. The molecular weight excluding hydrogens is 375 g/mol. The number of amides is 1. The number of halogens is 1. The molecule has 29 heavy (non-hydrogen) atoms.